The Balaban J connectivity index is 3.95. The first-order valence-electron chi connectivity index (χ1n) is 4.33. The Morgan fingerprint density at radius 1 is 1.58 bits per heavy atom. The normalized spacial score (nSPS) is 15.0. The molecule has 0 heterocycles. The summed E-state index contributed by atoms with van der Waals surface area (Å²) in [6.07, 6.45) is 2.25. The van der Waals surface area contributed by atoms with E-state index in [1.54, 1.807) is 0 Å². The van der Waals surface area contributed by atoms with E-state index in [0.29, 0.717) is 0 Å². The largest absolute Gasteiger partial charge is 0.424 e. The van der Waals surface area contributed by atoms with E-state index in [1.807, 2.05) is 13.8 Å². The number of aliphatic hydroxyl groups is 1. The summed E-state index contributed by atoms with van der Waals surface area (Å²) in [6, 6.07) is 0. The Labute approximate surface area is 83.7 Å². The van der Waals surface area contributed by atoms with Gasteiger partial charge in [-0.15, -0.1) is 0 Å². The summed E-state index contributed by atoms with van der Waals surface area (Å²) < 4.78 is 5.45. The van der Waals surface area contributed by atoms with Gasteiger partial charge < -0.3 is 9.53 Å². The Kier molecular flexibility index (Phi) is 6.26. The van der Waals surface area contributed by atoms with E-state index in [4.69, 9.17) is 9.53 Å². The lowest BCUT2D eigenvalue weighted by atomic mass is 9.85. The molecular weight excluding hydrogens is 188 g/mol. The molecule has 1 unspecified atom stereocenters. The summed E-state index contributed by atoms with van der Waals surface area (Å²) in [5, 5.41) is 9.11. The molecule has 0 aliphatic rings. The standard InChI is InChI=1S/C8H20O2SSi/c1-8(2,6-9)7(10-12)4-3-5-11/h7,9,11H,3-6H2,1-2,12H3. The van der Waals surface area contributed by atoms with Crippen molar-refractivity contribution < 1.29 is 9.53 Å². The summed E-state index contributed by atoms with van der Waals surface area (Å²) in [5.74, 6) is 0.892. The molecule has 0 aromatic carbocycles. The van der Waals surface area contributed by atoms with Gasteiger partial charge in [0.05, 0.1) is 12.7 Å². The van der Waals surface area contributed by atoms with Gasteiger partial charge in [-0.1, -0.05) is 13.8 Å². The monoisotopic (exact) mass is 208 g/mol. The van der Waals surface area contributed by atoms with Gasteiger partial charge in [-0.3, -0.25) is 0 Å². The van der Waals surface area contributed by atoms with Crippen molar-refractivity contribution in [2.45, 2.75) is 32.8 Å². The lowest BCUT2D eigenvalue weighted by Crippen LogP contribution is -2.34. The average Bonchev–Trinajstić information content (AvgIpc) is 2.05. The molecule has 0 aliphatic carbocycles. The zero-order valence-electron chi connectivity index (χ0n) is 8.21. The molecule has 0 aromatic rings. The molecule has 2 nitrogen and oxygen atoms in total. The molecule has 1 N–H and O–H groups in total. The minimum Gasteiger partial charge on any atom is -0.424 e. The van der Waals surface area contributed by atoms with E-state index in [0.717, 1.165) is 29.1 Å². The second-order valence-electron chi connectivity index (χ2n) is 3.74. The predicted octanol–water partition coefficient (Wildman–Crippen LogP) is 0.380. The van der Waals surface area contributed by atoms with Crippen molar-refractivity contribution >= 4 is 23.1 Å². The Morgan fingerprint density at radius 3 is 2.50 bits per heavy atom. The Morgan fingerprint density at radius 2 is 2.17 bits per heavy atom. The van der Waals surface area contributed by atoms with Crippen molar-refractivity contribution in [3.05, 3.63) is 0 Å². The van der Waals surface area contributed by atoms with Crippen LogP contribution in [-0.2, 0) is 4.43 Å². The van der Waals surface area contributed by atoms with Crippen molar-refractivity contribution in [2.24, 2.45) is 5.41 Å². The van der Waals surface area contributed by atoms with Crippen molar-refractivity contribution in [2.75, 3.05) is 12.4 Å². The maximum absolute atomic E-state index is 9.11. The maximum atomic E-state index is 9.11. The molecule has 0 spiro atoms. The van der Waals surface area contributed by atoms with Gasteiger partial charge >= 0.3 is 0 Å². The molecule has 1 atom stereocenters. The SMILES string of the molecule is CC(C)(CO)C(CCCS)O[SiH3]. The third-order valence-electron chi connectivity index (χ3n) is 2.19. The zero-order valence-corrected chi connectivity index (χ0v) is 11.1. The zero-order chi connectivity index (χ0) is 9.61. The van der Waals surface area contributed by atoms with Crippen molar-refractivity contribution in [1.82, 2.24) is 0 Å². The van der Waals surface area contributed by atoms with E-state index < -0.39 is 0 Å². The van der Waals surface area contributed by atoms with E-state index >= 15 is 0 Å². The molecule has 4 heteroatoms. The quantitative estimate of drug-likeness (QED) is 0.488. The van der Waals surface area contributed by atoms with Crippen LogP contribution in [0.1, 0.15) is 26.7 Å². The molecule has 0 aliphatic heterocycles. The lowest BCUT2D eigenvalue weighted by molar-refractivity contribution is 0.0249. The van der Waals surface area contributed by atoms with Crippen LogP contribution in [0, 0.1) is 5.41 Å². The van der Waals surface area contributed by atoms with Crippen molar-refractivity contribution in [1.29, 1.82) is 0 Å². The fourth-order valence-corrected chi connectivity index (χ4v) is 2.26. The van der Waals surface area contributed by atoms with Gasteiger partial charge in [-0.2, -0.15) is 12.6 Å². The third-order valence-corrected chi connectivity index (χ3v) is 3.07. The second kappa shape index (κ2) is 6.02. The minimum absolute atomic E-state index is 0.106. The fraction of sp³-hybridized carbons (Fsp3) is 1.00. The van der Waals surface area contributed by atoms with Gasteiger partial charge in [0.1, 0.15) is 10.5 Å². The molecule has 0 bridgehead atoms. The highest BCUT2D eigenvalue weighted by Gasteiger charge is 2.27. The first kappa shape index (κ1) is 12.5. The van der Waals surface area contributed by atoms with Crippen LogP contribution >= 0.6 is 12.6 Å². The van der Waals surface area contributed by atoms with Crippen molar-refractivity contribution in [3.8, 4) is 0 Å². The van der Waals surface area contributed by atoms with Crippen LogP contribution in [0.2, 0.25) is 0 Å². The van der Waals surface area contributed by atoms with Gasteiger partial charge in [0.15, 0.2) is 0 Å². The Hall–Kier alpha value is 0.487. The average molecular weight is 208 g/mol. The summed E-state index contributed by atoms with van der Waals surface area (Å²) in [4.78, 5) is 0. The molecule has 0 rings (SSSR count). The number of hydrogen-bond acceptors (Lipinski definition) is 3. The molecule has 0 saturated heterocycles. The predicted molar refractivity (Wildman–Crippen MR) is 58.8 cm³/mol. The highest BCUT2D eigenvalue weighted by atomic mass is 32.1. The van der Waals surface area contributed by atoms with Crippen LogP contribution in [0.5, 0.6) is 0 Å². The number of aliphatic hydroxyl groups excluding tert-OH is 1. The molecule has 0 aromatic heterocycles. The molecule has 12 heavy (non-hydrogen) atoms. The van der Waals surface area contributed by atoms with Gasteiger partial charge in [0.2, 0.25) is 0 Å². The Bertz CT molecular complexity index is 120. The van der Waals surface area contributed by atoms with Crippen LogP contribution < -0.4 is 0 Å². The minimum atomic E-state index is -0.106. The van der Waals surface area contributed by atoms with Crippen LogP contribution in [0.15, 0.2) is 0 Å². The van der Waals surface area contributed by atoms with Gasteiger partial charge in [-0.25, -0.2) is 0 Å². The smallest absolute Gasteiger partial charge is 0.146 e. The molecule has 0 radical (unpaired) electrons. The van der Waals surface area contributed by atoms with E-state index in [2.05, 4.69) is 12.6 Å². The van der Waals surface area contributed by atoms with E-state index in [9.17, 15) is 0 Å². The number of thiol groups is 1. The molecule has 0 amide bonds. The summed E-state index contributed by atoms with van der Waals surface area (Å²) in [5.41, 5.74) is -0.106. The summed E-state index contributed by atoms with van der Waals surface area (Å²) in [7, 11) is 0.738. The maximum Gasteiger partial charge on any atom is 0.146 e. The topological polar surface area (TPSA) is 29.5 Å². The lowest BCUT2D eigenvalue weighted by Gasteiger charge is -2.31. The molecule has 0 fully saturated rings. The molecule has 0 saturated carbocycles. The highest BCUT2D eigenvalue weighted by molar-refractivity contribution is 7.80. The number of hydrogen-bond donors (Lipinski definition) is 2. The third kappa shape index (κ3) is 3.94. The van der Waals surface area contributed by atoms with Crippen molar-refractivity contribution in [3.63, 3.8) is 0 Å². The fourth-order valence-electron chi connectivity index (χ4n) is 1.21. The van der Waals surface area contributed by atoms with Gasteiger partial charge in [-0.05, 0) is 18.6 Å². The molecular formula is C8H20O2SSi. The summed E-state index contributed by atoms with van der Waals surface area (Å²) in [6.45, 7) is 4.26. The van der Waals surface area contributed by atoms with Gasteiger partial charge in [0, 0.05) is 5.41 Å². The first-order valence-corrected chi connectivity index (χ1v) is 5.78. The highest BCUT2D eigenvalue weighted by Crippen LogP contribution is 2.25. The first-order chi connectivity index (χ1) is 5.58. The summed E-state index contributed by atoms with van der Waals surface area (Å²) >= 11 is 4.15. The van der Waals surface area contributed by atoms with Gasteiger partial charge in [0.25, 0.3) is 0 Å². The van der Waals surface area contributed by atoms with Crippen LogP contribution in [0.25, 0.3) is 0 Å². The van der Waals surface area contributed by atoms with E-state index in [-0.39, 0.29) is 18.1 Å². The van der Waals surface area contributed by atoms with Crippen LogP contribution in [0.3, 0.4) is 0 Å². The van der Waals surface area contributed by atoms with Crippen LogP contribution in [-0.4, -0.2) is 34.1 Å². The number of rotatable bonds is 6. The van der Waals surface area contributed by atoms with Crippen LogP contribution in [0.4, 0.5) is 0 Å². The molecule has 74 valence electrons. The second-order valence-corrected chi connectivity index (χ2v) is 4.66. The van der Waals surface area contributed by atoms with E-state index in [1.165, 1.54) is 0 Å².